The van der Waals surface area contributed by atoms with E-state index in [9.17, 15) is 18.0 Å². The van der Waals surface area contributed by atoms with Crippen molar-refractivity contribution in [2.24, 2.45) is 0 Å². The van der Waals surface area contributed by atoms with Crippen molar-refractivity contribution < 1.29 is 22.7 Å². The first kappa shape index (κ1) is 14.2. The van der Waals surface area contributed by atoms with Crippen molar-refractivity contribution in [3.63, 3.8) is 0 Å². The molecule has 1 unspecified atom stereocenters. The van der Waals surface area contributed by atoms with Crippen LogP contribution in [0.25, 0.3) is 0 Å². The standard InChI is InChI=1S/C10H17F3N2O2/c1-2-17-9(16)8-7-14-4-6-15(8)5-3-10(11,12)13/h8,14H,2-7H2,1H3. The Morgan fingerprint density at radius 1 is 1.53 bits per heavy atom. The van der Waals surface area contributed by atoms with E-state index in [1.807, 2.05) is 0 Å². The van der Waals surface area contributed by atoms with Crippen molar-refractivity contribution in [2.75, 3.05) is 32.8 Å². The number of rotatable bonds is 4. The molecule has 0 bridgehead atoms. The summed E-state index contributed by atoms with van der Waals surface area (Å²) in [4.78, 5) is 13.1. The summed E-state index contributed by atoms with van der Waals surface area (Å²) in [6.07, 6.45) is -5.09. The summed E-state index contributed by atoms with van der Waals surface area (Å²) in [6, 6.07) is -0.606. The van der Waals surface area contributed by atoms with Crippen LogP contribution in [0.2, 0.25) is 0 Å². The summed E-state index contributed by atoms with van der Waals surface area (Å²) in [5, 5.41) is 2.98. The van der Waals surface area contributed by atoms with Crippen LogP contribution in [0, 0.1) is 0 Å². The van der Waals surface area contributed by atoms with E-state index in [-0.39, 0.29) is 13.2 Å². The van der Waals surface area contributed by atoms with E-state index in [0.717, 1.165) is 0 Å². The van der Waals surface area contributed by atoms with E-state index in [1.165, 1.54) is 4.90 Å². The summed E-state index contributed by atoms with van der Waals surface area (Å²) >= 11 is 0. The quantitative estimate of drug-likeness (QED) is 0.753. The van der Waals surface area contributed by atoms with Crippen LogP contribution in [0.3, 0.4) is 0 Å². The van der Waals surface area contributed by atoms with E-state index in [1.54, 1.807) is 6.92 Å². The summed E-state index contributed by atoms with van der Waals surface area (Å²) < 4.78 is 41.2. The molecule has 1 fully saturated rings. The molecule has 1 rings (SSSR count). The molecule has 1 saturated heterocycles. The molecule has 0 aromatic carbocycles. The van der Waals surface area contributed by atoms with Crippen molar-refractivity contribution in [3.05, 3.63) is 0 Å². The van der Waals surface area contributed by atoms with Crippen LogP contribution in [-0.2, 0) is 9.53 Å². The number of halogens is 3. The molecule has 1 atom stereocenters. The van der Waals surface area contributed by atoms with E-state index in [0.29, 0.717) is 19.6 Å². The van der Waals surface area contributed by atoms with Gasteiger partial charge in [-0.2, -0.15) is 13.2 Å². The first-order valence-corrected chi connectivity index (χ1v) is 5.62. The number of alkyl halides is 3. The monoisotopic (exact) mass is 254 g/mol. The van der Waals surface area contributed by atoms with Gasteiger partial charge in [-0.25, -0.2) is 0 Å². The third kappa shape index (κ3) is 4.91. The largest absolute Gasteiger partial charge is 0.465 e. The smallest absolute Gasteiger partial charge is 0.390 e. The maximum atomic E-state index is 12.1. The molecule has 0 saturated carbocycles. The van der Waals surface area contributed by atoms with Gasteiger partial charge < -0.3 is 10.1 Å². The minimum Gasteiger partial charge on any atom is -0.465 e. The Kier molecular flexibility index (Phi) is 5.20. The second kappa shape index (κ2) is 6.20. The number of carbonyl (C=O) groups is 1. The van der Waals surface area contributed by atoms with E-state index >= 15 is 0 Å². The molecule has 0 aromatic rings. The van der Waals surface area contributed by atoms with Crippen LogP contribution in [0.5, 0.6) is 0 Å². The molecule has 17 heavy (non-hydrogen) atoms. The summed E-state index contributed by atoms with van der Waals surface area (Å²) in [5.74, 6) is -0.457. The summed E-state index contributed by atoms with van der Waals surface area (Å²) in [7, 11) is 0. The van der Waals surface area contributed by atoms with Crippen LogP contribution in [0.1, 0.15) is 13.3 Å². The van der Waals surface area contributed by atoms with Crippen LogP contribution >= 0.6 is 0 Å². The normalized spacial score (nSPS) is 22.5. The number of nitrogens with one attached hydrogen (secondary N) is 1. The molecule has 1 heterocycles. The van der Waals surface area contributed by atoms with Crippen molar-refractivity contribution in [2.45, 2.75) is 25.6 Å². The minimum atomic E-state index is -4.19. The molecule has 0 amide bonds. The fraction of sp³-hybridized carbons (Fsp3) is 0.900. The zero-order chi connectivity index (χ0) is 12.9. The second-order valence-electron chi connectivity index (χ2n) is 3.87. The molecule has 7 heteroatoms. The molecule has 4 nitrogen and oxygen atoms in total. The lowest BCUT2D eigenvalue weighted by atomic mass is 10.2. The molecule has 0 aromatic heterocycles. The number of ether oxygens (including phenoxy) is 1. The van der Waals surface area contributed by atoms with Crippen LogP contribution in [0.4, 0.5) is 13.2 Å². The molecule has 100 valence electrons. The Labute approximate surface area is 98.1 Å². The van der Waals surface area contributed by atoms with Gasteiger partial charge in [0.25, 0.3) is 0 Å². The second-order valence-corrected chi connectivity index (χ2v) is 3.87. The minimum absolute atomic E-state index is 0.158. The average Bonchev–Trinajstić information content (AvgIpc) is 2.26. The van der Waals surface area contributed by atoms with Crippen LogP contribution in [0.15, 0.2) is 0 Å². The van der Waals surface area contributed by atoms with E-state index in [2.05, 4.69) is 5.32 Å². The lowest BCUT2D eigenvalue weighted by Gasteiger charge is -2.34. The number of hydrogen-bond acceptors (Lipinski definition) is 4. The number of esters is 1. The van der Waals surface area contributed by atoms with Gasteiger partial charge in [-0.05, 0) is 6.92 Å². The van der Waals surface area contributed by atoms with Gasteiger partial charge in [0, 0.05) is 26.2 Å². The Morgan fingerprint density at radius 2 is 2.24 bits per heavy atom. The summed E-state index contributed by atoms with van der Waals surface area (Å²) in [6.45, 7) is 3.12. The van der Waals surface area contributed by atoms with Gasteiger partial charge >= 0.3 is 12.1 Å². The van der Waals surface area contributed by atoms with Gasteiger partial charge in [-0.1, -0.05) is 0 Å². The Bertz CT molecular complexity index is 258. The molecule has 0 spiro atoms. The maximum Gasteiger partial charge on any atom is 0.390 e. The Morgan fingerprint density at radius 3 is 2.82 bits per heavy atom. The molecule has 1 aliphatic rings. The van der Waals surface area contributed by atoms with E-state index in [4.69, 9.17) is 4.74 Å². The molecule has 1 N–H and O–H groups in total. The first-order valence-electron chi connectivity index (χ1n) is 5.62. The lowest BCUT2D eigenvalue weighted by molar-refractivity contribution is -0.155. The molecule has 0 radical (unpaired) electrons. The van der Waals surface area contributed by atoms with Crippen LogP contribution in [-0.4, -0.2) is 55.9 Å². The predicted molar refractivity (Wildman–Crippen MR) is 55.5 cm³/mol. The zero-order valence-electron chi connectivity index (χ0n) is 9.72. The Hall–Kier alpha value is -0.820. The molecule has 0 aliphatic carbocycles. The zero-order valence-corrected chi connectivity index (χ0v) is 9.72. The van der Waals surface area contributed by atoms with Gasteiger partial charge in [-0.15, -0.1) is 0 Å². The van der Waals surface area contributed by atoms with Gasteiger partial charge in [0.05, 0.1) is 13.0 Å². The van der Waals surface area contributed by atoms with Gasteiger partial charge in [0.15, 0.2) is 0 Å². The predicted octanol–water partition coefficient (Wildman–Crippen LogP) is 0.776. The summed E-state index contributed by atoms with van der Waals surface area (Å²) in [5.41, 5.74) is 0. The number of piperazine rings is 1. The van der Waals surface area contributed by atoms with Crippen molar-refractivity contribution in [1.82, 2.24) is 10.2 Å². The highest BCUT2D eigenvalue weighted by Crippen LogP contribution is 2.20. The molecular weight excluding hydrogens is 237 g/mol. The fourth-order valence-electron chi connectivity index (χ4n) is 1.76. The molecule has 1 aliphatic heterocycles. The molecular formula is C10H17F3N2O2. The highest BCUT2D eigenvalue weighted by atomic mass is 19.4. The average molecular weight is 254 g/mol. The van der Waals surface area contributed by atoms with Gasteiger partial charge in [0.1, 0.15) is 6.04 Å². The number of nitrogens with zero attached hydrogens (tertiary/aromatic N) is 1. The third-order valence-corrected chi connectivity index (χ3v) is 2.60. The van der Waals surface area contributed by atoms with Crippen molar-refractivity contribution in [1.29, 1.82) is 0 Å². The maximum absolute atomic E-state index is 12.1. The first-order chi connectivity index (χ1) is 7.94. The Balaban J connectivity index is 2.50. The fourth-order valence-corrected chi connectivity index (χ4v) is 1.76. The topological polar surface area (TPSA) is 41.6 Å². The van der Waals surface area contributed by atoms with E-state index < -0.39 is 24.6 Å². The third-order valence-electron chi connectivity index (χ3n) is 2.60. The highest BCUT2D eigenvalue weighted by molar-refractivity contribution is 5.76. The van der Waals surface area contributed by atoms with Gasteiger partial charge in [-0.3, -0.25) is 9.69 Å². The number of hydrogen-bond donors (Lipinski definition) is 1. The van der Waals surface area contributed by atoms with Crippen molar-refractivity contribution in [3.8, 4) is 0 Å². The SMILES string of the molecule is CCOC(=O)C1CNCCN1CCC(F)(F)F. The van der Waals surface area contributed by atoms with Crippen molar-refractivity contribution >= 4 is 5.97 Å². The number of carbonyl (C=O) groups excluding carboxylic acids is 1. The van der Waals surface area contributed by atoms with Gasteiger partial charge in [0.2, 0.25) is 0 Å². The lowest BCUT2D eigenvalue weighted by Crippen LogP contribution is -2.55. The highest BCUT2D eigenvalue weighted by Gasteiger charge is 2.33. The van der Waals surface area contributed by atoms with Crippen LogP contribution < -0.4 is 5.32 Å².